The van der Waals surface area contributed by atoms with Crippen LogP contribution in [0.4, 0.5) is 0 Å². The minimum Gasteiger partial charge on any atom is -0.389 e. The van der Waals surface area contributed by atoms with Crippen LogP contribution in [0.5, 0.6) is 0 Å². The lowest BCUT2D eigenvalue weighted by Crippen LogP contribution is -2.56. The Hall–Kier alpha value is -1.00. The van der Waals surface area contributed by atoms with Crippen LogP contribution in [-0.4, -0.2) is 34.0 Å². The molecule has 5 aliphatic rings. The minimum atomic E-state index is -0.853. The Kier molecular flexibility index (Phi) is 2.37. The normalized spacial score (nSPS) is 59.6. The van der Waals surface area contributed by atoms with E-state index >= 15 is 0 Å². The van der Waals surface area contributed by atoms with E-state index < -0.39 is 22.7 Å². The van der Waals surface area contributed by atoms with Crippen LogP contribution < -0.4 is 0 Å². The summed E-state index contributed by atoms with van der Waals surface area (Å²) in [4.78, 5) is 26.2. The third kappa shape index (κ3) is 1.16. The summed E-state index contributed by atoms with van der Waals surface area (Å²) in [5, 5.41) is 11.2. The number of aliphatic hydroxyl groups excluding tert-OH is 1. The van der Waals surface area contributed by atoms with Crippen molar-refractivity contribution < 1.29 is 19.4 Å². The molecule has 3 saturated carbocycles. The summed E-state index contributed by atoms with van der Waals surface area (Å²) < 4.78 is 6.63. The molecule has 4 nitrogen and oxygen atoms in total. The molecule has 4 heteroatoms. The lowest BCUT2D eigenvalue weighted by Gasteiger charge is -2.46. The first-order chi connectivity index (χ1) is 11.0. The standard InChI is InChI=1S/C20H26O4/c1-9-6-13-17(3,4)20(13)14-16(23)18(5,24-20)8-11-7-12(21)10(2)19(11,14)15(9)22/h8-10,13-14,16,23H,6-7H2,1-5H3/t9-,10-,13+,14-,16-,18-,19-,20+/m1/s1. The van der Waals surface area contributed by atoms with Gasteiger partial charge in [0, 0.05) is 29.6 Å². The monoisotopic (exact) mass is 330 g/mol. The van der Waals surface area contributed by atoms with Crippen molar-refractivity contribution in [1.82, 2.24) is 0 Å². The summed E-state index contributed by atoms with van der Waals surface area (Å²) in [5.74, 6) is -0.203. The van der Waals surface area contributed by atoms with E-state index in [0.29, 0.717) is 6.42 Å². The molecule has 1 heterocycles. The smallest absolute Gasteiger partial charge is 0.147 e. The van der Waals surface area contributed by atoms with Crippen molar-refractivity contribution in [1.29, 1.82) is 0 Å². The number of allylic oxidation sites excluding steroid dienone is 1. The molecule has 1 aliphatic heterocycles. The van der Waals surface area contributed by atoms with Gasteiger partial charge in [0.1, 0.15) is 17.2 Å². The SMILES string of the molecule is C[C@@H]1C[C@H]2C(C)(C)[C@]23O[C@]2(C)C=C4CC(=O)[C@@H](C)[C@]4(C1=O)[C@H]3[C@H]2O. The largest absolute Gasteiger partial charge is 0.389 e. The molecule has 0 aromatic heterocycles. The van der Waals surface area contributed by atoms with Crippen molar-refractivity contribution in [2.45, 2.75) is 64.8 Å². The Bertz CT molecular complexity index is 736. The van der Waals surface area contributed by atoms with Crippen molar-refractivity contribution in [2.24, 2.45) is 34.5 Å². The fourth-order valence-electron chi connectivity index (χ4n) is 7.31. The van der Waals surface area contributed by atoms with Crippen molar-refractivity contribution in [2.75, 3.05) is 0 Å². The van der Waals surface area contributed by atoms with Crippen LogP contribution in [0.1, 0.15) is 47.5 Å². The highest BCUT2D eigenvalue weighted by Gasteiger charge is 2.88. The summed E-state index contributed by atoms with van der Waals surface area (Å²) in [6.45, 7) is 10.2. The number of carbonyl (C=O) groups excluding carboxylic acids is 2. The molecule has 1 N–H and O–H groups in total. The number of carbonyl (C=O) groups is 2. The summed E-state index contributed by atoms with van der Waals surface area (Å²) in [6.07, 6.45) is 2.34. The number of hydrogen-bond acceptors (Lipinski definition) is 4. The summed E-state index contributed by atoms with van der Waals surface area (Å²) in [5.41, 5.74) is -1.27. The summed E-state index contributed by atoms with van der Waals surface area (Å²) in [6, 6.07) is 0. The van der Waals surface area contributed by atoms with Gasteiger partial charge < -0.3 is 9.84 Å². The lowest BCUT2D eigenvalue weighted by atomic mass is 9.54. The molecule has 5 rings (SSSR count). The molecule has 8 atom stereocenters. The molecule has 0 amide bonds. The van der Waals surface area contributed by atoms with Crippen LogP contribution in [0.25, 0.3) is 0 Å². The summed E-state index contributed by atoms with van der Waals surface area (Å²) >= 11 is 0. The second kappa shape index (κ2) is 3.73. The van der Waals surface area contributed by atoms with E-state index in [1.807, 2.05) is 26.8 Å². The molecule has 4 aliphatic carbocycles. The van der Waals surface area contributed by atoms with Crippen molar-refractivity contribution in [3.63, 3.8) is 0 Å². The molecule has 2 spiro atoms. The average Bonchev–Trinajstić information content (AvgIpc) is 2.76. The van der Waals surface area contributed by atoms with Gasteiger partial charge in [-0.05, 0) is 30.9 Å². The molecule has 0 aromatic rings. The highest BCUT2D eigenvalue weighted by atomic mass is 16.6. The Morgan fingerprint density at radius 3 is 2.54 bits per heavy atom. The van der Waals surface area contributed by atoms with Crippen LogP contribution in [0.3, 0.4) is 0 Å². The van der Waals surface area contributed by atoms with Gasteiger partial charge in [-0.1, -0.05) is 27.7 Å². The molecule has 2 bridgehead atoms. The van der Waals surface area contributed by atoms with Gasteiger partial charge in [-0.2, -0.15) is 0 Å². The zero-order valence-corrected chi connectivity index (χ0v) is 15.1. The second-order valence-corrected chi connectivity index (χ2v) is 9.68. The van der Waals surface area contributed by atoms with Gasteiger partial charge in [0.05, 0.1) is 17.1 Å². The molecule has 0 aromatic carbocycles. The van der Waals surface area contributed by atoms with Crippen LogP contribution in [0.2, 0.25) is 0 Å². The van der Waals surface area contributed by atoms with Crippen molar-refractivity contribution >= 4 is 11.6 Å². The number of aliphatic hydroxyl groups is 1. The predicted molar refractivity (Wildman–Crippen MR) is 87.1 cm³/mol. The zero-order chi connectivity index (χ0) is 17.4. The van der Waals surface area contributed by atoms with Crippen LogP contribution >= 0.6 is 0 Å². The van der Waals surface area contributed by atoms with Gasteiger partial charge in [0.2, 0.25) is 0 Å². The number of rotatable bonds is 0. The Morgan fingerprint density at radius 1 is 1.21 bits per heavy atom. The van der Waals surface area contributed by atoms with Crippen LogP contribution in [-0.2, 0) is 14.3 Å². The number of ether oxygens (including phenoxy) is 1. The minimum absolute atomic E-state index is 0.0764. The average molecular weight is 330 g/mol. The first kappa shape index (κ1) is 15.3. The van der Waals surface area contributed by atoms with E-state index in [4.69, 9.17) is 4.74 Å². The quantitative estimate of drug-likeness (QED) is 0.692. The highest BCUT2D eigenvalue weighted by Crippen LogP contribution is 2.82. The van der Waals surface area contributed by atoms with Gasteiger partial charge in [0.25, 0.3) is 0 Å². The van der Waals surface area contributed by atoms with E-state index in [9.17, 15) is 14.7 Å². The van der Waals surface area contributed by atoms with E-state index in [1.165, 1.54) is 0 Å². The molecular weight excluding hydrogens is 304 g/mol. The maximum atomic E-state index is 13.6. The third-order valence-electron chi connectivity index (χ3n) is 8.52. The molecule has 0 unspecified atom stereocenters. The zero-order valence-electron chi connectivity index (χ0n) is 15.1. The Labute approximate surface area is 142 Å². The van der Waals surface area contributed by atoms with Crippen molar-refractivity contribution in [3.8, 4) is 0 Å². The Morgan fingerprint density at radius 2 is 1.88 bits per heavy atom. The first-order valence-electron chi connectivity index (χ1n) is 9.22. The van der Waals surface area contributed by atoms with Gasteiger partial charge in [-0.15, -0.1) is 0 Å². The second-order valence-electron chi connectivity index (χ2n) is 9.68. The highest BCUT2D eigenvalue weighted by molar-refractivity contribution is 6.03. The van der Waals surface area contributed by atoms with E-state index in [-0.39, 0.29) is 40.7 Å². The topological polar surface area (TPSA) is 63.6 Å². The molecule has 24 heavy (non-hydrogen) atoms. The predicted octanol–water partition coefficient (Wildman–Crippen LogP) is 2.29. The van der Waals surface area contributed by atoms with Gasteiger partial charge in [-0.25, -0.2) is 0 Å². The van der Waals surface area contributed by atoms with Gasteiger partial charge in [-0.3, -0.25) is 9.59 Å². The number of Topliss-reactive ketones (excluding diaryl/α,β-unsaturated/α-hetero) is 2. The van der Waals surface area contributed by atoms with E-state index in [0.717, 1.165) is 12.0 Å². The van der Waals surface area contributed by atoms with Gasteiger partial charge >= 0.3 is 0 Å². The third-order valence-corrected chi connectivity index (χ3v) is 8.52. The molecule has 1 saturated heterocycles. The van der Waals surface area contributed by atoms with E-state index in [1.54, 1.807) is 0 Å². The fraction of sp³-hybridized carbons (Fsp3) is 0.800. The van der Waals surface area contributed by atoms with Crippen molar-refractivity contribution in [3.05, 3.63) is 11.6 Å². The Balaban J connectivity index is 1.87. The number of fused-ring (bicyclic) bond motifs is 1. The lowest BCUT2D eigenvalue weighted by molar-refractivity contribution is -0.143. The molecular formula is C20H26O4. The summed E-state index contributed by atoms with van der Waals surface area (Å²) in [7, 11) is 0. The van der Waals surface area contributed by atoms with Gasteiger partial charge in [0.15, 0.2) is 0 Å². The maximum absolute atomic E-state index is 13.6. The van der Waals surface area contributed by atoms with E-state index in [2.05, 4.69) is 13.8 Å². The molecule has 0 radical (unpaired) electrons. The molecule has 130 valence electrons. The number of hydrogen-bond donors (Lipinski definition) is 1. The van der Waals surface area contributed by atoms with Crippen LogP contribution in [0.15, 0.2) is 11.6 Å². The van der Waals surface area contributed by atoms with Crippen LogP contribution in [0, 0.1) is 34.5 Å². The molecule has 4 fully saturated rings. The fourth-order valence-corrected chi connectivity index (χ4v) is 7.31. The number of ketones is 2. The first-order valence-corrected chi connectivity index (χ1v) is 9.22. The maximum Gasteiger partial charge on any atom is 0.147 e.